The van der Waals surface area contributed by atoms with E-state index in [-0.39, 0.29) is 11.9 Å². The third-order valence-corrected chi connectivity index (χ3v) is 4.81. The van der Waals surface area contributed by atoms with E-state index < -0.39 is 0 Å². The molecular formula is C20H21N3O3S. The molecule has 140 valence electrons. The molecule has 7 heteroatoms. The van der Waals surface area contributed by atoms with Crippen molar-refractivity contribution in [3.63, 3.8) is 0 Å². The van der Waals surface area contributed by atoms with E-state index in [1.807, 2.05) is 50.2 Å². The molecule has 2 aromatic carbocycles. The number of ether oxygens (including phenoxy) is 1. The monoisotopic (exact) mass is 383 g/mol. The second kappa shape index (κ2) is 8.73. The second-order valence-electron chi connectivity index (χ2n) is 6.11. The van der Waals surface area contributed by atoms with E-state index in [1.165, 1.54) is 0 Å². The fourth-order valence-electron chi connectivity index (χ4n) is 2.60. The van der Waals surface area contributed by atoms with Crippen LogP contribution in [0.4, 0.5) is 6.01 Å². The summed E-state index contributed by atoms with van der Waals surface area (Å²) in [6.07, 6.45) is 0.345. The summed E-state index contributed by atoms with van der Waals surface area (Å²) in [5.41, 5.74) is 3.07. The molecule has 0 saturated heterocycles. The first-order chi connectivity index (χ1) is 13.0. The number of benzene rings is 2. The first-order valence-electron chi connectivity index (χ1n) is 8.52. The van der Waals surface area contributed by atoms with Crippen LogP contribution in [-0.4, -0.2) is 29.0 Å². The number of nitrogens with one attached hydrogen (secondary N) is 1. The summed E-state index contributed by atoms with van der Waals surface area (Å²) in [5, 5.41) is 10.6. The molecule has 0 fully saturated rings. The Morgan fingerprint density at radius 3 is 2.48 bits per heavy atom. The maximum Gasteiger partial charge on any atom is 0.322 e. The number of hydrogen-bond donors (Lipinski definition) is 1. The first-order valence-corrected chi connectivity index (χ1v) is 9.51. The highest BCUT2D eigenvalue weighted by Gasteiger charge is 2.12. The third kappa shape index (κ3) is 5.34. The van der Waals surface area contributed by atoms with Crippen LogP contribution in [-0.2, 0) is 4.79 Å². The molecular weight excluding hydrogens is 362 g/mol. The molecule has 0 aliphatic heterocycles. The van der Waals surface area contributed by atoms with Crippen LogP contribution < -0.4 is 10.1 Å². The van der Waals surface area contributed by atoms with Gasteiger partial charge in [0.2, 0.25) is 11.8 Å². The number of carbonyl (C=O) groups is 1. The number of methoxy groups -OCH3 is 1. The fraction of sp³-hybridized carbons (Fsp3) is 0.250. The summed E-state index contributed by atoms with van der Waals surface area (Å²) in [6.45, 7) is 4.02. The van der Waals surface area contributed by atoms with Gasteiger partial charge in [0, 0.05) is 22.6 Å². The van der Waals surface area contributed by atoms with Gasteiger partial charge in [0.15, 0.2) is 0 Å². The second-order valence-corrected chi connectivity index (χ2v) is 7.28. The maximum absolute atomic E-state index is 12.1. The lowest BCUT2D eigenvalue weighted by atomic mass is 10.1. The van der Waals surface area contributed by atoms with E-state index in [1.54, 1.807) is 18.9 Å². The van der Waals surface area contributed by atoms with Crippen LogP contribution >= 0.6 is 11.8 Å². The number of aryl methyl sites for hydroxylation is 2. The minimum absolute atomic E-state index is 0.114. The molecule has 0 unspecified atom stereocenters. The molecule has 0 aliphatic carbocycles. The molecule has 3 rings (SSSR count). The van der Waals surface area contributed by atoms with Crippen molar-refractivity contribution < 1.29 is 13.9 Å². The molecule has 0 saturated carbocycles. The van der Waals surface area contributed by atoms with Crippen LogP contribution in [0.2, 0.25) is 0 Å². The lowest BCUT2D eigenvalue weighted by Gasteiger charge is -2.03. The lowest BCUT2D eigenvalue weighted by Crippen LogP contribution is -2.12. The molecule has 0 atom stereocenters. The zero-order valence-corrected chi connectivity index (χ0v) is 16.3. The lowest BCUT2D eigenvalue weighted by molar-refractivity contribution is -0.115. The molecule has 6 nitrogen and oxygen atoms in total. The van der Waals surface area contributed by atoms with Gasteiger partial charge in [-0.05, 0) is 50.2 Å². The largest absolute Gasteiger partial charge is 0.497 e. The van der Waals surface area contributed by atoms with Gasteiger partial charge in [-0.15, -0.1) is 16.9 Å². The standard InChI is InChI=1S/C20H21N3O3S/c1-13-10-14(2)12-15(11-13)19-22-23-20(26-19)21-18(24)8-9-27-17-6-4-16(25-3)5-7-17/h4-7,10-12H,8-9H2,1-3H3,(H,21,23,24). The highest BCUT2D eigenvalue weighted by molar-refractivity contribution is 7.99. The molecule has 0 bridgehead atoms. The quantitative estimate of drug-likeness (QED) is 0.606. The number of anilines is 1. The van der Waals surface area contributed by atoms with Gasteiger partial charge in [0.05, 0.1) is 7.11 Å². The Hall–Kier alpha value is -2.80. The van der Waals surface area contributed by atoms with Gasteiger partial charge in [-0.1, -0.05) is 22.3 Å². The molecule has 1 aromatic heterocycles. The van der Waals surface area contributed by atoms with Crippen molar-refractivity contribution in [2.45, 2.75) is 25.2 Å². The van der Waals surface area contributed by atoms with Crippen LogP contribution in [0.5, 0.6) is 5.75 Å². The average Bonchev–Trinajstić information content (AvgIpc) is 3.10. The Balaban J connectivity index is 1.51. The Labute approximate surface area is 162 Å². The normalized spacial score (nSPS) is 10.6. The summed E-state index contributed by atoms with van der Waals surface area (Å²) < 4.78 is 10.7. The number of nitrogens with zero attached hydrogens (tertiary/aromatic N) is 2. The molecule has 0 spiro atoms. The number of aromatic nitrogens is 2. The summed E-state index contributed by atoms with van der Waals surface area (Å²) in [6, 6.07) is 13.9. The van der Waals surface area contributed by atoms with Crippen molar-refractivity contribution in [3.8, 4) is 17.2 Å². The summed E-state index contributed by atoms with van der Waals surface area (Å²) >= 11 is 1.60. The average molecular weight is 383 g/mol. The Morgan fingerprint density at radius 1 is 1.11 bits per heavy atom. The van der Waals surface area contributed by atoms with Gasteiger partial charge >= 0.3 is 6.01 Å². The molecule has 27 heavy (non-hydrogen) atoms. The summed E-state index contributed by atoms with van der Waals surface area (Å²) in [4.78, 5) is 13.2. The number of hydrogen-bond acceptors (Lipinski definition) is 6. The van der Waals surface area contributed by atoms with Crippen LogP contribution in [0.3, 0.4) is 0 Å². The Kier molecular flexibility index (Phi) is 6.13. The van der Waals surface area contributed by atoms with Gasteiger partial charge < -0.3 is 9.15 Å². The highest BCUT2D eigenvalue weighted by Crippen LogP contribution is 2.24. The first kappa shape index (κ1) is 19.0. The SMILES string of the molecule is COc1ccc(SCCC(=O)Nc2nnc(-c3cc(C)cc(C)c3)o2)cc1. The van der Waals surface area contributed by atoms with E-state index in [4.69, 9.17) is 9.15 Å². The number of amides is 1. The van der Waals surface area contributed by atoms with E-state index >= 15 is 0 Å². The Morgan fingerprint density at radius 2 is 1.81 bits per heavy atom. The minimum atomic E-state index is -0.161. The Bertz CT molecular complexity index is 902. The van der Waals surface area contributed by atoms with Gasteiger partial charge in [-0.25, -0.2) is 0 Å². The van der Waals surface area contributed by atoms with Gasteiger partial charge in [-0.3, -0.25) is 10.1 Å². The summed E-state index contributed by atoms with van der Waals surface area (Å²) in [7, 11) is 1.63. The zero-order chi connectivity index (χ0) is 19.2. The maximum atomic E-state index is 12.1. The molecule has 3 aromatic rings. The van der Waals surface area contributed by atoms with E-state index in [0.717, 1.165) is 27.3 Å². The highest BCUT2D eigenvalue weighted by atomic mass is 32.2. The van der Waals surface area contributed by atoms with Crippen molar-refractivity contribution in [1.82, 2.24) is 10.2 Å². The molecule has 1 heterocycles. The van der Waals surface area contributed by atoms with Crippen LogP contribution in [0.25, 0.3) is 11.5 Å². The number of thioether (sulfide) groups is 1. The summed E-state index contributed by atoms with van der Waals surface area (Å²) in [5.74, 6) is 1.69. The van der Waals surface area contributed by atoms with Gasteiger partial charge in [-0.2, -0.15) is 0 Å². The van der Waals surface area contributed by atoms with Crippen molar-refractivity contribution >= 4 is 23.7 Å². The fourth-order valence-corrected chi connectivity index (χ4v) is 3.46. The molecule has 1 amide bonds. The van der Waals surface area contributed by atoms with E-state index in [9.17, 15) is 4.79 Å². The zero-order valence-electron chi connectivity index (χ0n) is 15.5. The number of rotatable bonds is 7. The van der Waals surface area contributed by atoms with Crippen LogP contribution in [0.1, 0.15) is 17.5 Å². The van der Waals surface area contributed by atoms with Gasteiger partial charge in [0.1, 0.15) is 5.75 Å². The molecule has 1 N–H and O–H groups in total. The number of carbonyl (C=O) groups excluding carboxylic acids is 1. The van der Waals surface area contributed by atoms with Crippen molar-refractivity contribution in [2.75, 3.05) is 18.2 Å². The minimum Gasteiger partial charge on any atom is -0.497 e. The third-order valence-electron chi connectivity index (χ3n) is 3.80. The van der Waals surface area contributed by atoms with E-state index in [2.05, 4.69) is 21.6 Å². The molecule has 0 radical (unpaired) electrons. The van der Waals surface area contributed by atoms with Gasteiger partial charge in [0.25, 0.3) is 0 Å². The van der Waals surface area contributed by atoms with E-state index in [0.29, 0.717) is 18.1 Å². The predicted octanol–water partition coefficient (Wildman–Crippen LogP) is 4.48. The van der Waals surface area contributed by atoms with Crippen LogP contribution in [0, 0.1) is 13.8 Å². The smallest absolute Gasteiger partial charge is 0.322 e. The van der Waals surface area contributed by atoms with Crippen LogP contribution in [0.15, 0.2) is 51.8 Å². The van der Waals surface area contributed by atoms with Crippen molar-refractivity contribution in [1.29, 1.82) is 0 Å². The van der Waals surface area contributed by atoms with Crippen molar-refractivity contribution in [2.24, 2.45) is 0 Å². The molecule has 0 aliphatic rings. The topological polar surface area (TPSA) is 77.2 Å². The van der Waals surface area contributed by atoms with Crippen molar-refractivity contribution in [3.05, 3.63) is 53.6 Å². The predicted molar refractivity (Wildman–Crippen MR) is 106 cm³/mol.